The fraction of sp³-hybridized carbons (Fsp3) is 0.600. The molecule has 0 saturated heterocycles. The number of hydrogen-bond acceptors (Lipinski definition) is 4. The van der Waals surface area contributed by atoms with Crippen LogP contribution in [0.4, 0.5) is 5.69 Å². The summed E-state index contributed by atoms with van der Waals surface area (Å²) in [7, 11) is 1.59. The van der Waals surface area contributed by atoms with E-state index in [0.717, 1.165) is 25.7 Å². The number of ether oxygens (including phenoxy) is 2. The number of nitriles is 1. The summed E-state index contributed by atoms with van der Waals surface area (Å²) >= 11 is 0. The first-order valence-electron chi connectivity index (χ1n) is 9.08. The van der Waals surface area contributed by atoms with Gasteiger partial charge in [-0.2, -0.15) is 5.26 Å². The van der Waals surface area contributed by atoms with Gasteiger partial charge in [-0.1, -0.05) is 26.7 Å². The summed E-state index contributed by atoms with van der Waals surface area (Å²) < 4.78 is 11.3. The molecule has 0 radical (unpaired) electrons. The number of benzene rings is 1. The van der Waals surface area contributed by atoms with Crippen molar-refractivity contribution in [3.8, 4) is 11.8 Å². The van der Waals surface area contributed by atoms with Crippen molar-refractivity contribution >= 4 is 11.6 Å². The molecule has 0 aromatic heterocycles. The standard InChI is InChI=1S/C20H28N2O3/c1-4-5-11-25-17-8-9-18(16(12-17)14-21)22-19(23)20(24-3)10-6-7-15(2)13-20/h8-9,12,15H,4-7,10-11,13H2,1-3H3,(H,22,23)/t15-,20-/m0/s1. The van der Waals surface area contributed by atoms with Crippen LogP contribution in [-0.4, -0.2) is 25.2 Å². The van der Waals surface area contributed by atoms with Gasteiger partial charge < -0.3 is 14.8 Å². The highest BCUT2D eigenvalue weighted by Gasteiger charge is 2.42. The molecule has 1 saturated carbocycles. The van der Waals surface area contributed by atoms with Gasteiger partial charge in [0.25, 0.3) is 5.91 Å². The van der Waals surface area contributed by atoms with Gasteiger partial charge in [0, 0.05) is 7.11 Å². The van der Waals surface area contributed by atoms with E-state index < -0.39 is 5.60 Å². The number of rotatable bonds is 7. The van der Waals surface area contributed by atoms with Crippen molar-refractivity contribution in [2.45, 2.75) is 58.0 Å². The van der Waals surface area contributed by atoms with E-state index in [1.54, 1.807) is 25.3 Å². The van der Waals surface area contributed by atoms with E-state index in [1.807, 2.05) is 0 Å². The number of hydrogen-bond donors (Lipinski definition) is 1. The summed E-state index contributed by atoms with van der Waals surface area (Å²) in [5.41, 5.74) is 0.100. The van der Waals surface area contributed by atoms with Crippen molar-refractivity contribution in [3.05, 3.63) is 23.8 Å². The smallest absolute Gasteiger partial charge is 0.256 e. The predicted molar refractivity (Wildman–Crippen MR) is 97.6 cm³/mol. The predicted octanol–water partition coefficient (Wildman–Crippen LogP) is 4.27. The first-order valence-corrected chi connectivity index (χ1v) is 9.08. The Balaban J connectivity index is 2.13. The number of carbonyl (C=O) groups excluding carboxylic acids is 1. The molecule has 1 amide bonds. The normalized spacial score (nSPS) is 22.9. The van der Waals surface area contributed by atoms with Crippen molar-refractivity contribution < 1.29 is 14.3 Å². The van der Waals surface area contributed by atoms with Crippen LogP contribution in [0.15, 0.2) is 18.2 Å². The number of nitrogens with zero attached hydrogens (tertiary/aromatic N) is 1. The number of methoxy groups -OCH3 is 1. The molecule has 2 atom stereocenters. The Hall–Kier alpha value is -2.06. The summed E-state index contributed by atoms with van der Waals surface area (Å²) in [5.74, 6) is 0.928. The lowest BCUT2D eigenvalue weighted by Crippen LogP contribution is -2.48. The van der Waals surface area contributed by atoms with Crippen LogP contribution < -0.4 is 10.1 Å². The van der Waals surface area contributed by atoms with E-state index in [2.05, 4.69) is 25.2 Å². The Morgan fingerprint density at radius 2 is 2.28 bits per heavy atom. The summed E-state index contributed by atoms with van der Waals surface area (Å²) in [6, 6.07) is 7.33. The second kappa shape index (κ2) is 8.87. The Bertz CT molecular complexity index is 638. The zero-order valence-electron chi connectivity index (χ0n) is 15.4. The topological polar surface area (TPSA) is 71.3 Å². The van der Waals surface area contributed by atoms with E-state index in [9.17, 15) is 10.1 Å². The molecular weight excluding hydrogens is 316 g/mol. The fourth-order valence-electron chi connectivity index (χ4n) is 3.37. The average molecular weight is 344 g/mol. The number of amides is 1. The molecule has 136 valence electrons. The zero-order valence-corrected chi connectivity index (χ0v) is 15.4. The van der Waals surface area contributed by atoms with Crippen molar-refractivity contribution in [2.75, 3.05) is 19.0 Å². The lowest BCUT2D eigenvalue weighted by molar-refractivity contribution is -0.143. The van der Waals surface area contributed by atoms with Crippen LogP contribution in [0.5, 0.6) is 5.75 Å². The molecule has 0 aliphatic heterocycles. The average Bonchev–Trinajstić information content (AvgIpc) is 2.62. The Kier molecular flexibility index (Phi) is 6.83. The van der Waals surface area contributed by atoms with Gasteiger partial charge in [-0.25, -0.2) is 0 Å². The number of anilines is 1. The fourth-order valence-corrected chi connectivity index (χ4v) is 3.37. The zero-order chi connectivity index (χ0) is 18.3. The molecule has 5 nitrogen and oxygen atoms in total. The lowest BCUT2D eigenvalue weighted by Gasteiger charge is -2.37. The maximum atomic E-state index is 12.9. The van der Waals surface area contributed by atoms with Gasteiger partial charge in [-0.15, -0.1) is 0 Å². The second-order valence-corrected chi connectivity index (χ2v) is 6.88. The lowest BCUT2D eigenvalue weighted by atomic mass is 9.78. The van der Waals surface area contributed by atoms with Gasteiger partial charge in [0.2, 0.25) is 0 Å². The minimum Gasteiger partial charge on any atom is -0.494 e. The van der Waals surface area contributed by atoms with Gasteiger partial charge in [-0.3, -0.25) is 4.79 Å². The van der Waals surface area contributed by atoms with Crippen LogP contribution in [-0.2, 0) is 9.53 Å². The summed E-state index contributed by atoms with van der Waals surface area (Å²) in [4.78, 5) is 12.9. The molecule has 25 heavy (non-hydrogen) atoms. The van der Waals surface area contributed by atoms with Crippen molar-refractivity contribution in [1.29, 1.82) is 5.26 Å². The van der Waals surface area contributed by atoms with Crippen LogP contribution in [0.1, 0.15) is 57.9 Å². The highest BCUT2D eigenvalue weighted by molar-refractivity contribution is 5.98. The van der Waals surface area contributed by atoms with E-state index in [-0.39, 0.29) is 5.91 Å². The molecule has 0 spiro atoms. The van der Waals surface area contributed by atoms with E-state index in [0.29, 0.717) is 42.4 Å². The Labute approximate surface area is 150 Å². The molecule has 1 aromatic carbocycles. The molecule has 1 N–H and O–H groups in total. The van der Waals surface area contributed by atoms with Crippen molar-refractivity contribution in [2.24, 2.45) is 5.92 Å². The van der Waals surface area contributed by atoms with E-state index in [1.165, 1.54) is 0 Å². The molecular formula is C20H28N2O3. The van der Waals surface area contributed by atoms with Crippen molar-refractivity contribution in [1.82, 2.24) is 0 Å². The molecule has 1 aliphatic rings. The third kappa shape index (κ3) is 4.73. The first kappa shape index (κ1) is 19.3. The van der Waals surface area contributed by atoms with Crippen LogP contribution in [0, 0.1) is 17.2 Å². The van der Waals surface area contributed by atoms with Crippen LogP contribution >= 0.6 is 0 Å². The molecule has 1 aliphatic carbocycles. The van der Waals surface area contributed by atoms with Gasteiger partial charge in [0.1, 0.15) is 17.4 Å². The third-order valence-corrected chi connectivity index (χ3v) is 4.89. The van der Waals surface area contributed by atoms with E-state index in [4.69, 9.17) is 9.47 Å². The van der Waals surface area contributed by atoms with Crippen LogP contribution in [0.3, 0.4) is 0 Å². The van der Waals surface area contributed by atoms with E-state index >= 15 is 0 Å². The van der Waals surface area contributed by atoms with Crippen LogP contribution in [0.25, 0.3) is 0 Å². The second-order valence-electron chi connectivity index (χ2n) is 6.88. The minimum atomic E-state index is -0.805. The summed E-state index contributed by atoms with van der Waals surface area (Å²) in [6.45, 7) is 4.86. The highest BCUT2D eigenvalue weighted by Crippen LogP contribution is 2.36. The molecule has 2 rings (SSSR count). The monoisotopic (exact) mass is 344 g/mol. The Morgan fingerprint density at radius 1 is 1.48 bits per heavy atom. The van der Waals surface area contributed by atoms with Crippen molar-refractivity contribution in [3.63, 3.8) is 0 Å². The number of carbonyl (C=O) groups is 1. The SMILES string of the molecule is CCCCOc1ccc(NC(=O)[C@]2(OC)CCC[C@H](C)C2)c(C#N)c1. The first-order chi connectivity index (χ1) is 12.0. The molecule has 1 fully saturated rings. The summed E-state index contributed by atoms with van der Waals surface area (Å²) in [5, 5.41) is 12.3. The maximum absolute atomic E-state index is 12.9. The minimum absolute atomic E-state index is 0.169. The molecule has 0 heterocycles. The number of unbranched alkanes of at least 4 members (excludes halogenated alkanes) is 1. The maximum Gasteiger partial charge on any atom is 0.256 e. The van der Waals surface area contributed by atoms with Gasteiger partial charge in [-0.05, 0) is 49.8 Å². The third-order valence-electron chi connectivity index (χ3n) is 4.89. The molecule has 5 heteroatoms. The highest BCUT2D eigenvalue weighted by atomic mass is 16.5. The van der Waals surface area contributed by atoms with Gasteiger partial charge >= 0.3 is 0 Å². The summed E-state index contributed by atoms with van der Waals surface area (Å²) in [6.07, 6.45) is 5.52. The molecule has 0 bridgehead atoms. The largest absolute Gasteiger partial charge is 0.494 e. The van der Waals surface area contributed by atoms with Gasteiger partial charge in [0.05, 0.1) is 17.9 Å². The molecule has 1 aromatic rings. The number of nitrogens with one attached hydrogen (secondary N) is 1. The molecule has 0 unspecified atom stereocenters. The Morgan fingerprint density at radius 3 is 2.92 bits per heavy atom. The quantitative estimate of drug-likeness (QED) is 0.750. The van der Waals surface area contributed by atoms with Crippen LogP contribution in [0.2, 0.25) is 0 Å². The van der Waals surface area contributed by atoms with Gasteiger partial charge in [0.15, 0.2) is 0 Å².